The van der Waals surface area contributed by atoms with Crippen LogP contribution in [0.15, 0.2) is 23.4 Å². The molecule has 0 aliphatic heterocycles. The van der Waals surface area contributed by atoms with Crippen LogP contribution in [0.25, 0.3) is 5.65 Å². The van der Waals surface area contributed by atoms with E-state index in [0.29, 0.717) is 5.65 Å². The van der Waals surface area contributed by atoms with Crippen LogP contribution in [0.3, 0.4) is 0 Å². The van der Waals surface area contributed by atoms with Crippen LogP contribution >= 0.6 is 0 Å². The number of halogens is 1. The Morgan fingerprint density at radius 2 is 1.89 bits per heavy atom. The first-order valence-electron chi connectivity index (χ1n) is 5.54. The van der Waals surface area contributed by atoms with Gasteiger partial charge in [0.05, 0.1) is 5.69 Å². The minimum Gasteiger partial charge on any atom is -0.288 e. The van der Waals surface area contributed by atoms with Crippen LogP contribution in [0.2, 0.25) is 0 Å². The van der Waals surface area contributed by atoms with E-state index < -0.39 is 15.6 Å². The maximum atomic E-state index is 13.5. The number of rotatable bonds is 1. The topological polar surface area (TPSA) is 51.4 Å². The Bertz CT molecular complexity index is 711. The van der Waals surface area contributed by atoms with E-state index in [2.05, 4.69) is 4.98 Å². The first kappa shape index (κ1) is 13.0. The zero-order chi connectivity index (χ0) is 13.7. The predicted octanol–water partition coefficient (Wildman–Crippen LogP) is 2.60. The molecule has 2 heterocycles. The summed E-state index contributed by atoms with van der Waals surface area (Å²) in [5, 5.41) is -0.367. The molecule has 2 aromatic heterocycles. The van der Waals surface area contributed by atoms with E-state index in [1.165, 1.54) is 4.40 Å². The quantitative estimate of drug-likeness (QED) is 0.748. The molecule has 0 radical (unpaired) electrons. The molecule has 0 amide bonds. The highest BCUT2D eigenvalue weighted by molar-refractivity contribution is 7.86. The lowest BCUT2D eigenvalue weighted by Gasteiger charge is -2.16. The number of hydrogen-bond donors (Lipinski definition) is 0. The van der Waals surface area contributed by atoms with Gasteiger partial charge in [-0.15, -0.1) is 0 Å². The maximum absolute atomic E-state index is 13.5. The average Bonchev–Trinajstić information content (AvgIpc) is 2.54. The Balaban J connectivity index is 2.96. The second kappa shape index (κ2) is 3.78. The molecule has 98 valence electrons. The summed E-state index contributed by atoms with van der Waals surface area (Å²) in [6.07, 6.45) is 1.57. The van der Waals surface area contributed by atoms with Crippen molar-refractivity contribution in [3.8, 4) is 0 Å². The minimum absolute atomic E-state index is 0.246. The third-order valence-electron chi connectivity index (χ3n) is 2.66. The Morgan fingerprint density at radius 3 is 2.39 bits per heavy atom. The molecule has 18 heavy (non-hydrogen) atoms. The number of aromatic nitrogens is 2. The van der Waals surface area contributed by atoms with Crippen molar-refractivity contribution < 1.29 is 12.3 Å². The summed E-state index contributed by atoms with van der Waals surface area (Å²) in [6, 6.07) is 3.49. The van der Waals surface area contributed by atoms with E-state index in [1.807, 2.05) is 13.0 Å². The standard InChI is InChI=1S/C12H15FN2O2S/c1-8-5-6-9-14-10(12(2,3)4)11(15(9)7-8)18(13,16)17/h5-7H,1-4H3. The third kappa shape index (κ3) is 2.12. The summed E-state index contributed by atoms with van der Waals surface area (Å²) in [6.45, 7) is 7.22. The van der Waals surface area contributed by atoms with Crippen LogP contribution < -0.4 is 0 Å². The Kier molecular flexibility index (Phi) is 2.73. The molecule has 0 saturated carbocycles. The van der Waals surface area contributed by atoms with E-state index in [4.69, 9.17) is 0 Å². The molecule has 0 saturated heterocycles. The van der Waals surface area contributed by atoms with E-state index in [0.717, 1.165) is 5.56 Å². The zero-order valence-corrected chi connectivity index (χ0v) is 11.5. The van der Waals surface area contributed by atoms with E-state index in [-0.39, 0.29) is 10.7 Å². The third-order valence-corrected chi connectivity index (χ3v) is 3.52. The van der Waals surface area contributed by atoms with Gasteiger partial charge < -0.3 is 0 Å². The first-order valence-corrected chi connectivity index (χ1v) is 6.93. The number of hydrogen-bond acceptors (Lipinski definition) is 3. The van der Waals surface area contributed by atoms with Gasteiger partial charge in [0.25, 0.3) is 0 Å². The van der Waals surface area contributed by atoms with E-state index in [1.54, 1.807) is 33.0 Å². The minimum atomic E-state index is -4.82. The summed E-state index contributed by atoms with van der Waals surface area (Å²) in [5.41, 5.74) is 0.969. The molecule has 2 aromatic rings. The fourth-order valence-electron chi connectivity index (χ4n) is 1.85. The van der Waals surface area contributed by atoms with Crippen LogP contribution in [0, 0.1) is 6.92 Å². The van der Waals surface area contributed by atoms with Crippen molar-refractivity contribution in [3.63, 3.8) is 0 Å². The molecule has 0 aliphatic carbocycles. The number of aryl methyl sites for hydroxylation is 1. The Hall–Kier alpha value is -1.43. The number of fused-ring (bicyclic) bond motifs is 1. The molecule has 0 atom stereocenters. The van der Waals surface area contributed by atoms with Crippen molar-refractivity contribution in [1.29, 1.82) is 0 Å². The van der Waals surface area contributed by atoms with Gasteiger partial charge in [0.15, 0.2) is 5.03 Å². The van der Waals surface area contributed by atoms with Crippen molar-refractivity contribution >= 4 is 15.9 Å². The molecule has 0 aromatic carbocycles. The van der Waals surface area contributed by atoms with Crippen LogP contribution in [0.5, 0.6) is 0 Å². The predicted molar refractivity (Wildman–Crippen MR) is 66.9 cm³/mol. The maximum Gasteiger partial charge on any atom is 0.350 e. The fourth-order valence-corrected chi connectivity index (χ4v) is 2.81. The number of pyridine rings is 1. The summed E-state index contributed by atoms with van der Waals surface area (Å²) in [7, 11) is -4.82. The summed E-state index contributed by atoms with van der Waals surface area (Å²) in [5.74, 6) is 0. The van der Waals surface area contributed by atoms with Crippen molar-refractivity contribution in [2.45, 2.75) is 38.1 Å². The van der Waals surface area contributed by atoms with Crippen molar-refractivity contribution in [2.75, 3.05) is 0 Å². The van der Waals surface area contributed by atoms with Gasteiger partial charge >= 0.3 is 10.2 Å². The van der Waals surface area contributed by atoms with Gasteiger partial charge in [-0.25, -0.2) is 4.98 Å². The summed E-state index contributed by atoms with van der Waals surface area (Å²) in [4.78, 5) is 4.24. The molecule has 0 fully saturated rings. The Morgan fingerprint density at radius 1 is 1.28 bits per heavy atom. The van der Waals surface area contributed by atoms with Crippen LogP contribution in [-0.2, 0) is 15.6 Å². The summed E-state index contributed by atoms with van der Waals surface area (Å²) < 4.78 is 37.5. The fraction of sp³-hybridized carbons (Fsp3) is 0.417. The van der Waals surface area contributed by atoms with Gasteiger partial charge in [-0.3, -0.25) is 4.40 Å². The Labute approximate surface area is 106 Å². The molecule has 0 N–H and O–H groups in total. The lowest BCUT2D eigenvalue weighted by Crippen LogP contribution is -2.16. The molecule has 0 unspecified atom stereocenters. The highest BCUT2D eigenvalue weighted by Gasteiger charge is 2.31. The van der Waals surface area contributed by atoms with E-state index >= 15 is 0 Å². The molecular formula is C12H15FN2O2S. The number of nitrogens with zero attached hydrogens (tertiary/aromatic N) is 2. The average molecular weight is 270 g/mol. The monoisotopic (exact) mass is 270 g/mol. The lowest BCUT2D eigenvalue weighted by atomic mass is 9.93. The smallest absolute Gasteiger partial charge is 0.288 e. The zero-order valence-electron chi connectivity index (χ0n) is 10.7. The lowest BCUT2D eigenvalue weighted by molar-refractivity contribution is 0.521. The van der Waals surface area contributed by atoms with E-state index in [9.17, 15) is 12.3 Å². The molecule has 0 bridgehead atoms. The normalized spacial score (nSPS) is 13.2. The molecule has 2 rings (SSSR count). The first-order chi connectivity index (χ1) is 8.10. The molecule has 0 spiro atoms. The number of imidazole rings is 1. The van der Waals surface area contributed by atoms with Crippen molar-refractivity contribution in [1.82, 2.24) is 9.38 Å². The highest BCUT2D eigenvalue weighted by Crippen LogP contribution is 2.30. The summed E-state index contributed by atoms with van der Waals surface area (Å²) >= 11 is 0. The van der Waals surface area contributed by atoms with Crippen LogP contribution in [0.4, 0.5) is 3.89 Å². The molecular weight excluding hydrogens is 255 g/mol. The molecule has 6 heteroatoms. The van der Waals surface area contributed by atoms with Crippen molar-refractivity contribution in [3.05, 3.63) is 29.6 Å². The van der Waals surface area contributed by atoms with Gasteiger partial charge in [-0.1, -0.05) is 30.7 Å². The van der Waals surface area contributed by atoms with Crippen LogP contribution in [-0.4, -0.2) is 17.8 Å². The second-order valence-electron chi connectivity index (χ2n) is 5.39. The largest absolute Gasteiger partial charge is 0.350 e. The van der Waals surface area contributed by atoms with Crippen LogP contribution in [0.1, 0.15) is 32.0 Å². The molecule has 0 aliphatic rings. The molecule has 4 nitrogen and oxygen atoms in total. The second-order valence-corrected chi connectivity index (χ2v) is 6.65. The van der Waals surface area contributed by atoms with Crippen molar-refractivity contribution in [2.24, 2.45) is 0 Å². The SMILES string of the molecule is Cc1ccc2nc(C(C)(C)C)c(S(=O)(=O)F)n2c1. The van der Waals surface area contributed by atoms with Gasteiger partial charge in [-0.2, -0.15) is 8.42 Å². The highest BCUT2D eigenvalue weighted by atomic mass is 32.3. The van der Waals surface area contributed by atoms with Gasteiger partial charge in [0.2, 0.25) is 0 Å². The van der Waals surface area contributed by atoms with Gasteiger partial charge in [0, 0.05) is 11.6 Å². The van der Waals surface area contributed by atoms with Gasteiger partial charge in [0.1, 0.15) is 5.65 Å². The van der Waals surface area contributed by atoms with Gasteiger partial charge in [-0.05, 0) is 18.6 Å².